The fourth-order valence-electron chi connectivity index (χ4n) is 4.12. The molecule has 0 aromatic heterocycles. The minimum Gasteiger partial charge on any atom is -0.480 e. The third kappa shape index (κ3) is 16.6. The van der Waals surface area contributed by atoms with Gasteiger partial charge in [0, 0.05) is 11.8 Å². The van der Waals surface area contributed by atoms with Crippen LogP contribution in [-0.4, -0.2) is 99.1 Å². The summed E-state index contributed by atoms with van der Waals surface area (Å²) in [6.45, 7) is 2.71. The maximum absolute atomic E-state index is 13.0. The molecule has 0 bridgehead atoms. The normalized spacial score (nSPS) is 12.9. The van der Waals surface area contributed by atoms with Gasteiger partial charge in [-0.15, -0.1) is 0 Å². The number of carboxylic acids is 1. The van der Waals surface area contributed by atoms with Crippen LogP contribution in [0.4, 0.5) is 0 Å². The molecule has 5 amide bonds. The van der Waals surface area contributed by atoms with Crippen LogP contribution in [0.15, 0.2) is 42.3 Å². The van der Waals surface area contributed by atoms with Crippen LogP contribution >= 0.6 is 0 Å². The summed E-state index contributed by atoms with van der Waals surface area (Å²) >= 11 is 0. The highest BCUT2D eigenvalue weighted by Gasteiger charge is 2.26. The molecule has 16 nitrogen and oxygen atoms in total. The Morgan fingerprint density at radius 2 is 1.22 bits per heavy atom. The summed E-state index contributed by atoms with van der Waals surface area (Å²) in [5.41, 5.74) is 11.6. The average molecular weight is 668 g/mol. The maximum Gasteiger partial charge on any atom is 0.326 e. The number of aliphatic carboxylic acids is 1. The third-order valence-corrected chi connectivity index (χ3v) is 7.72. The van der Waals surface area contributed by atoms with E-state index in [9.17, 15) is 42.3 Å². The number of sulfone groups is 1. The number of hydrogen-bond acceptors (Lipinski definition) is 10. The Morgan fingerprint density at radius 3 is 1.72 bits per heavy atom. The fraction of sp³-hybridized carbons (Fsp3) is 0.517. The first kappa shape index (κ1) is 39.7. The van der Waals surface area contributed by atoms with Crippen molar-refractivity contribution in [3.05, 3.63) is 47.9 Å². The number of amides is 5. The summed E-state index contributed by atoms with van der Waals surface area (Å²) in [5, 5.41) is 22.0. The molecule has 1 aromatic rings. The van der Waals surface area contributed by atoms with E-state index in [-0.39, 0.29) is 19.3 Å². The minimum absolute atomic E-state index is 0.0281. The highest BCUT2D eigenvalue weighted by molar-refractivity contribution is 7.94. The number of nitrogens with one attached hydrogen (secondary N) is 5. The number of hydrogen-bond donors (Lipinski definition) is 8. The van der Waals surface area contributed by atoms with E-state index < -0.39 is 82.3 Å². The molecule has 46 heavy (non-hydrogen) atoms. The van der Waals surface area contributed by atoms with Gasteiger partial charge in [-0.1, -0.05) is 36.9 Å². The molecule has 0 aliphatic rings. The predicted molar refractivity (Wildman–Crippen MR) is 169 cm³/mol. The van der Waals surface area contributed by atoms with E-state index in [0.717, 1.165) is 0 Å². The van der Waals surface area contributed by atoms with Crippen LogP contribution in [-0.2, 0) is 45.0 Å². The van der Waals surface area contributed by atoms with Gasteiger partial charge in [-0.25, -0.2) is 13.2 Å². The molecular weight excluding hydrogens is 622 g/mol. The molecule has 256 valence electrons. The van der Waals surface area contributed by atoms with Crippen LogP contribution < -0.4 is 38.1 Å². The minimum atomic E-state index is -3.87. The predicted octanol–water partition coefficient (Wildman–Crippen LogP) is -2.18. The van der Waals surface area contributed by atoms with Gasteiger partial charge in [0.25, 0.3) is 0 Å². The Bertz CT molecular complexity index is 1290. The zero-order chi connectivity index (χ0) is 34.5. The second kappa shape index (κ2) is 21.4. The molecule has 1 rings (SSSR count). The van der Waals surface area contributed by atoms with Crippen molar-refractivity contribution < 1.29 is 42.3 Å². The Labute approximate surface area is 268 Å². The van der Waals surface area contributed by atoms with Crippen LogP contribution in [0.2, 0.25) is 0 Å². The van der Waals surface area contributed by atoms with Crippen molar-refractivity contribution in [2.45, 2.75) is 63.1 Å². The lowest BCUT2D eigenvalue weighted by Crippen LogP contribution is -2.54. The molecule has 17 heteroatoms. The molecule has 0 fully saturated rings. The zero-order valence-corrected chi connectivity index (χ0v) is 26.5. The second-order valence-electron chi connectivity index (χ2n) is 10.4. The Hall–Kier alpha value is -4.35. The van der Waals surface area contributed by atoms with Crippen molar-refractivity contribution in [1.29, 1.82) is 0 Å². The summed E-state index contributed by atoms with van der Waals surface area (Å²) < 4.78 is 23.4. The Balaban J connectivity index is 2.87. The topological polar surface area (TPSA) is 269 Å². The van der Waals surface area contributed by atoms with Gasteiger partial charge in [0.2, 0.25) is 29.5 Å². The lowest BCUT2D eigenvalue weighted by atomic mass is 10.1. The van der Waals surface area contributed by atoms with E-state index in [4.69, 9.17) is 11.5 Å². The van der Waals surface area contributed by atoms with Gasteiger partial charge in [-0.3, -0.25) is 24.0 Å². The quantitative estimate of drug-likeness (QED) is 0.0581. The molecule has 0 heterocycles. The van der Waals surface area contributed by atoms with Crippen LogP contribution in [0, 0.1) is 0 Å². The van der Waals surface area contributed by atoms with E-state index in [2.05, 4.69) is 33.2 Å². The summed E-state index contributed by atoms with van der Waals surface area (Å²) in [6.07, 6.45) is 2.35. The number of unbranched alkanes of at least 4 members (excludes halogenated alkanes) is 2. The number of carbonyl (C=O) groups is 6. The first-order valence-electron chi connectivity index (χ1n) is 14.8. The van der Waals surface area contributed by atoms with Crippen LogP contribution in [0.25, 0.3) is 0 Å². The molecule has 0 unspecified atom stereocenters. The van der Waals surface area contributed by atoms with E-state index in [1.807, 2.05) is 0 Å². The van der Waals surface area contributed by atoms with Crippen molar-refractivity contribution in [2.24, 2.45) is 11.5 Å². The summed E-state index contributed by atoms with van der Waals surface area (Å²) in [7, 11) is -3.87. The van der Waals surface area contributed by atoms with Gasteiger partial charge < -0.3 is 43.2 Å². The molecular formula is C29H45N7O9S. The smallest absolute Gasteiger partial charge is 0.326 e. The summed E-state index contributed by atoms with van der Waals surface area (Å²) in [5.74, 6) is -6.05. The van der Waals surface area contributed by atoms with Gasteiger partial charge in [0.05, 0.1) is 13.1 Å². The molecule has 3 atom stereocenters. The third-order valence-electron chi connectivity index (χ3n) is 6.55. The van der Waals surface area contributed by atoms with E-state index in [1.165, 1.54) is 0 Å². The number of nitrogens with two attached hydrogens (primary N) is 2. The second-order valence-corrected chi connectivity index (χ2v) is 12.3. The lowest BCUT2D eigenvalue weighted by Gasteiger charge is -2.21. The highest BCUT2D eigenvalue weighted by Crippen LogP contribution is 2.05. The average Bonchev–Trinajstić information content (AvgIpc) is 3.01. The number of carboxylic acid groups (broad SMARTS) is 1. The van der Waals surface area contributed by atoms with Crippen LogP contribution in [0.5, 0.6) is 0 Å². The fourth-order valence-corrected chi connectivity index (χ4v) is 4.69. The van der Waals surface area contributed by atoms with Gasteiger partial charge >= 0.3 is 5.97 Å². The monoisotopic (exact) mass is 667 g/mol. The van der Waals surface area contributed by atoms with E-state index >= 15 is 0 Å². The van der Waals surface area contributed by atoms with Crippen LogP contribution in [0.3, 0.4) is 0 Å². The van der Waals surface area contributed by atoms with Crippen molar-refractivity contribution >= 4 is 45.3 Å². The van der Waals surface area contributed by atoms with Crippen molar-refractivity contribution in [3.63, 3.8) is 0 Å². The molecule has 0 spiro atoms. The van der Waals surface area contributed by atoms with Crippen molar-refractivity contribution in [2.75, 3.05) is 31.9 Å². The Morgan fingerprint density at radius 1 is 0.739 bits per heavy atom. The SMILES string of the molecule is C=CS(=O)(=O)CC(=O)N[C@@H](CCCCN)C(=O)NCC(=O)N[C@@H](Cc1ccccc1)C(=O)NCC(=O)N[C@@H](CCCCN)C(=O)O. The van der Waals surface area contributed by atoms with Crippen LogP contribution in [0.1, 0.15) is 44.1 Å². The van der Waals surface area contributed by atoms with E-state index in [0.29, 0.717) is 49.7 Å². The zero-order valence-electron chi connectivity index (χ0n) is 25.7. The van der Waals surface area contributed by atoms with Gasteiger partial charge in [-0.05, 0) is 57.2 Å². The highest BCUT2D eigenvalue weighted by atomic mass is 32.2. The molecule has 1 aromatic carbocycles. The summed E-state index contributed by atoms with van der Waals surface area (Å²) in [4.78, 5) is 74.8. The van der Waals surface area contributed by atoms with Gasteiger partial charge in [0.1, 0.15) is 23.9 Å². The number of rotatable bonds is 23. The van der Waals surface area contributed by atoms with Crippen molar-refractivity contribution in [3.8, 4) is 0 Å². The first-order chi connectivity index (χ1) is 21.8. The number of benzene rings is 1. The van der Waals surface area contributed by atoms with Crippen molar-refractivity contribution in [1.82, 2.24) is 26.6 Å². The molecule has 0 aliphatic carbocycles. The first-order valence-corrected chi connectivity index (χ1v) is 16.5. The van der Waals surface area contributed by atoms with E-state index in [1.54, 1.807) is 30.3 Å². The molecule has 0 aliphatic heterocycles. The molecule has 0 saturated heterocycles. The Kier molecular flexibility index (Phi) is 18.5. The molecule has 10 N–H and O–H groups in total. The van der Waals surface area contributed by atoms with Gasteiger partial charge in [0.15, 0.2) is 9.84 Å². The largest absolute Gasteiger partial charge is 0.480 e. The van der Waals surface area contributed by atoms with Gasteiger partial charge in [-0.2, -0.15) is 0 Å². The lowest BCUT2D eigenvalue weighted by molar-refractivity contribution is -0.142. The molecule has 0 radical (unpaired) electrons. The number of carbonyl (C=O) groups excluding carboxylic acids is 5. The standard InChI is InChI=1S/C29H45N7O9S/c1-2-46(44,45)19-26(39)34-21(12-6-8-14-30)27(40)32-18-25(38)36-23(16-20-10-4-3-5-11-20)28(41)33-17-24(37)35-22(29(42)43)13-7-9-15-31/h2-5,10-11,21-23H,1,6-9,12-19,30-31H2,(H,32,40)(H,33,41)(H,34,39)(H,35,37)(H,36,38)(H,42,43)/t21-,22-,23-/m0/s1. The summed E-state index contributed by atoms with van der Waals surface area (Å²) in [6, 6.07) is 5.18. The molecule has 0 saturated carbocycles. The maximum atomic E-state index is 13.0.